The number of hydrogen-bond acceptors (Lipinski definition) is 3. The first-order chi connectivity index (χ1) is 9.27. The molecule has 0 bridgehead atoms. The van der Waals surface area contributed by atoms with Gasteiger partial charge in [-0.1, -0.05) is 13.3 Å². The van der Waals surface area contributed by atoms with E-state index in [0.717, 1.165) is 37.1 Å². The van der Waals surface area contributed by atoms with Crippen molar-refractivity contribution in [1.82, 2.24) is 10.6 Å². The lowest BCUT2D eigenvalue weighted by Gasteiger charge is -2.09. The average molecular weight is 262 g/mol. The van der Waals surface area contributed by atoms with Crippen LogP contribution in [-0.4, -0.2) is 31.9 Å². The van der Waals surface area contributed by atoms with Gasteiger partial charge >= 0.3 is 0 Å². The van der Waals surface area contributed by atoms with E-state index < -0.39 is 0 Å². The van der Waals surface area contributed by atoms with E-state index in [4.69, 9.17) is 15.6 Å². The van der Waals surface area contributed by atoms with Gasteiger partial charge in [-0.2, -0.15) is 0 Å². The fraction of sp³-hybridized carbons (Fsp3) is 0.429. The van der Waals surface area contributed by atoms with Crippen LogP contribution in [0.2, 0.25) is 0 Å². The van der Waals surface area contributed by atoms with Crippen molar-refractivity contribution in [3.05, 3.63) is 29.8 Å². The lowest BCUT2D eigenvalue weighted by atomic mass is 10.2. The van der Waals surface area contributed by atoms with Crippen molar-refractivity contribution in [2.75, 3.05) is 19.7 Å². The third-order valence-electron chi connectivity index (χ3n) is 2.58. The molecule has 4 N–H and O–H groups in total. The molecule has 19 heavy (non-hydrogen) atoms. The van der Waals surface area contributed by atoms with Crippen LogP contribution in [0.4, 0.5) is 0 Å². The maximum atomic E-state index is 7.87. The predicted molar refractivity (Wildman–Crippen MR) is 78.5 cm³/mol. The second-order valence-corrected chi connectivity index (χ2v) is 4.13. The number of nitrogens with one attached hydrogen (secondary N) is 4. The molecule has 0 amide bonds. The second-order valence-electron chi connectivity index (χ2n) is 4.13. The zero-order chi connectivity index (χ0) is 13.9. The number of unbranched alkanes of at least 4 members (excludes halogenated alkanes) is 1. The largest absolute Gasteiger partial charge is 0.494 e. The van der Waals surface area contributed by atoms with E-state index >= 15 is 0 Å². The van der Waals surface area contributed by atoms with Crippen LogP contribution in [0.1, 0.15) is 25.3 Å². The highest BCUT2D eigenvalue weighted by Crippen LogP contribution is 2.12. The Hall–Kier alpha value is -2.04. The topological polar surface area (TPSA) is 81.0 Å². The summed E-state index contributed by atoms with van der Waals surface area (Å²) in [4.78, 5) is 0. The molecule has 0 unspecified atom stereocenters. The summed E-state index contributed by atoms with van der Waals surface area (Å²) in [6.45, 7) is 4.11. The van der Waals surface area contributed by atoms with Crippen LogP contribution in [0.3, 0.4) is 0 Å². The van der Waals surface area contributed by atoms with Crippen LogP contribution in [0.5, 0.6) is 5.75 Å². The highest BCUT2D eigenvalue weighted by atomic mass is 16.5. The molecule has 0 aliphatic carbocycles. The van der Waals surface area contributed by atoms with E-state index in [1.165, 1.54) is 0 Å². The van der Waals surface area contributed by atoms with Gasteiger partial charge in [0.2, 0.25) is 0 Å². The fourth-order valence-corrected chi connectivity index (χ4v) is 1.49. The summed E-state index contributed by atoms with van der Waals surface area (Å²) in [6, 6.07) is 7.52. The van der Waals surface area contributed by atoms with Crippen molar-refractivity contribution < 1.29 is 4.74 Å². The molecular weight excluding hydrogens is 240 g/mol. The molecule has 0 fully saturated rings. The van der Waals surface area contributed by atoms with Crippen molar-refractivity contribution >= 4 is 12.2 Å². The second kappa shape index (κ2) is 8.97. The molecule has 0 heterocycles. The van der Waals surface area contributed by atoms with Gasteiger partial charge in [0.25, 0.3) is 0 Å². The Morgan fingerprint density at radius 1 is 1.26 bits per heavy atom. The van der Waals surface area contributed by atoms with Gasteiger partial charge in [-0.25, -0.2) is 0 Å². The smallest absolute Gasteiger partial charge is 0.125 e. The minimum atomic E-state index is 0.381. The minimum Gasteiger partial charge on any atom is -0.494 e. The first-order valence-corrected chi connectivity index (χ1v) is 6.56. The molecule has 0 spiro atoms. The van der Waals surface area contributed by atoms with Crippen LogP contribution in [0, 0.1) is 10.8 Å². The van der Waals surface area contributed by atoms with Crippen LogP contribution in [-0.2, 0) is 0 Å². The van der Waals surface area contributed by atoms with Gasteiger partial charge in [0.05, 0.1) is 12.9 Å². The number of ether oxygens (including phenoxy) is 1. The molecule has 1 aromatic rings. The summed E-state index contributed by atoms with van der Waals surface area (Å²) in [5.41, 5.74) is 0.831. The van der Waals surface area contributed by atoms with Crippen molar-refractivity contribution in [3.8, 4) is 5.75 Å². The Kier molecular flexibility index (Phi) is 7.09. The lowest BCUT2D eigenvalue weighted by Crippen LogP contribution is -2.31. The molecule has 0 atom stereocenters. The molecule has 104 valence electrons. The highest BCUT2D eigenvalue weighted by Gasteiger charge is 2.01. The third kappa shape index (κ3) is 5.90. The van der Waals surface area contributed by atoms with E-state index in [-0.39, 0.29) is 0 Å². The van der Waals surface area contributed by atoms with Gasteiger partial charge in [0.1, 0.15) is 11.6 Å². The third-order valence-corrected chi connectivity index (χ3v) is 2.58. The molecule has 0 aliphatic heterocycles. The lowest BCUT2D eigenvalue weighted by molar-refractivity contribution is 0.309. The average Bonchev–Trinajstić information content (AvgIpc) is 2.44. The highest BCUT2D eigenvalue weighted by molar-refractivity contribution is 5.96. The standard InChI is InChI=1S/C14H22N4O/c1-2-3-10-19-13-6-4-12(5-7-13)14(16)18-9-8-17-11-15/h4-7,11H,2-3,8-10H2,1H3,(H2,15,17)(H2,16,18). The first kappa shape index (κ1) is 15.0. The molecule has 0 saturated heterocycles. The van der Waals surface area contributed by atoms with Gasteiger partial charge < -0.3 is 15.4 Å². The van der Waals surface area contributed by atoms with Gasteiger partial charge in [-0.05, 0) is 30.7 Å². The molecule has 0 saturated carbocycles. The van der Waals surface area contributed by atoms with Crippen molar-refractivity contribution in [2.24, 2.45) is 0 Å². The Morgan fingerprint density at radius 2 is 2.00 bits per heavy atom. The van der Waals surface area contributed by atoms with E-state index in [0.29, 0.717) is 18.9 Å². The van der Waals surface area contributed by atoms with Crippen LogP contribution in [0.25, 0.3) is 0 Å². The van der Waals surface area contributed by atoms with Crippen LogP contribution in [0.15, 0.2) is 24.3 Å². The van der Waals surface area contributed by atoms with Crippen molar-refractivity contribution in [2.45, 2.75) is 19.8 Å². The van der Waals surface area contributed by atoms with E-state index in [1.54, 1.807) is 0 Å². The summed E-state index contributed by atoms with van der Waals surface area (Å²) in [5.74, 6) is 1.22. The molecule has 0 aliphatic rings. The maximum Gasteiger partial charge on any atom is 0.125 e. The summed E-state index contributed by atoms with van der Waals surface area (Å²) >= 11 is 0. The van der Waals surface area contributed by atoms with E-state index in [1.807, 2.05) is 24.3 Å². The van der Waals surface area contributed by atoms with Crippen molar-refractivity contribution in [1.29, 1.82) is 10.8 Å². The molecule has 0 aromatic heterocycles. The van der Waals surface area contributed by atoms with Gasteiger partial charge in [0, 0.05) is 18.7 Å². The predicted octanol–water partition coefficient (Wildman–Crippen LogP) is 1.98. The maximum absolute atomic E-state index is 7.87. The molecule has 1 aromatic carbocycles. The zero-order valence-corrected chi connectivity index (χ0v) is 11.3. The quantitative estimate of drug-likeness (QED) is 0.312. The number of rotatable bonds is 9. The summed E-state index contributed by atoms with van der Waals surface area (Å²) in [6.07, 6.45) is 3.32. The van der Waals surface area contributed by atoms with Crippen LogP contribution >= 0.6 is 0 Å². The fourth-order valence-electron chi connectivity index (χ4n) is 1.49. The van der Waals surface area contributed by atoms with Gasteiger partial charge in [-0.15, -0.1) is 0 Å². The summed E-state index contributed by atoms with van der Waals surface area (Å²) in [7, 11) is 0. The molecular formula is C14H22N4O. The van der Waals surface area contributed by atoms with Crippen molar-refractivity contribution in [3.63, 3.8) is 0 Å². The minimum absolute atomic E-state index is 0.381. The van der Waals surface area contributed by atoms with E-state index in [2.05, 4.69) is 17.6 Å². The molecule has 0 radical (unpaired) electrons. The zero-order valence-electron chi connectivity index (χ0n) is 11.3. The number of hydrogen-bond donors (Lipinski definition) is 4. The van der Waals surface area contributed by atoms with Crippen LogP contribution < -0.4 is 15.4 Å². The van der Waals surface area contributed by atoms with Gasteiger partial charge in [0.15, 0.2) is 0 Å². The monoisotopic (exact) mass is 262 g/mol. The molecule has 5 nitrogen and oxygen atoms in total. The normalized spacial score (nSPS) is 9.74. The summed E-state index contributed by atoms with van der Waals surface area (Å²) < 4.78 is 5.57. The Labute approximate surface area is 114 Å². The Balaban J connectivity index is 2.37. The Morgan fingerprint density at radius 3 is 2.63 bits per heavy atom. The first-order valence-electron chi connectivity index (χ1n) is 6.56. The number of benzene rings is 1. The van der Waals surface area contributed by atoms with Gasteiger partial charge in [-0.3, -0.25) is 10.8 Å². The summed E-state index contributed by atoms with van der Waals surface area (Å²) in [5, 5.41) is 20.4. The number of amidine groups is 1. The molecule has 1 rings (SSSR count). The van der Waals surface area contributed by atoms with E-state index in [9.17, 15) is 0 Å². The SMILES string of the molecule is CCCCOc1ccc(C(=N)NCCNC=N)cc1. The Bertz CT molecular complexity index is 389. The molecule has 5 heteroatoms.